The van der Waals surface area contributed by atoms with E-state index in [1.165, 1.54) is 11.8 Å². The lowest BCUT2D eigenvalue weighted by atomic mass is 10.1. The van der Waals surface area contributed by atoms with Crippen LogP contribution in [0.4, 0.5) is 11.4 Å². The summed E-state index contributed by atoms with van der Waals surface area (Å²) in [5.74, 6) is 0.475. The predicted octanol–water partition coefficient (Wildman–Crippen LogP) is 6.04. The van der Waals surface area contributed by atoms with E-state index in [2.05, 4.69) is 16.4 Å². The molecule has 3 aromatic carbocycles. The number of amides is 2. The van der Waals surface area contributed by atoms with Crippen LogP contribution < -0.4 is 15.0 Å². The van der Waals surface area contributed by atoms with Gasteiger partial charge in [0.15, 0.2) is 5.17 Å². The third kappa shape index (κ3) is 5.86. The Bertz CT molecular complexity index is 1360. The van der Waals surface area contributed by atoms with Gasteiger partial charge in [-0.3, -0.25) is 14.5 Å². The third-order valence-electron chi connectivity index (χ3n) is 5.71. The number of ether oxygens (including phenoxy) is 1. The second-order valence-corrected chi connectivity index (χ2v) is 9.78. The van der Waals surface area contributed by atoms with Gasteiger partial charge in [-0.2, -0.15) is 0 Å². The molecule has 0 aliphatic carbocycles. The maximum absolute atomic E-state index is 13.5. The summed E-state index contributed by atoms with van der Waals surface area (Å²) in [4.78, 5) is 32.5. The van der Waals surface area contributed by atoms with Crippen molar-refractivity contribution in [2.75, 3.05) is 23.1 Å². The molecule has 36 heavy (non-hydrogen) atoms. The van der Waals surface area contributed by atoms with Gasteiger partial charge < -0.3 is 10.1 Å². The fraction of sp³-hybridized carbons (Fsp3) is 0.207. The predicted molar refractivity (Wildman–Crippen MR) is 149 cm³/mol. The van der Waals surface area contributed by atoms with Gasteiger partial charge in [-0.1, -0.05) is 42.1 Å². The molecule has 0 bridgehead atoms. The number of nitrogens with zero attached hydrogens (tertiary/aromatic N) is 2. The van der Waals surface area contributed by atoms with Gasteiger partial charge in [-0.25, -0.2) is 4.99 Å². The number of carbonyl (C=O) groups is 2. The highest BCUT2D eigenvalue weighted by atomic mass is 32.2. The molecule has 0 radical (unpaired) electrons. The topological polar surface area (TPSA) is 71.0 Å². The maximum atomic E-state index is 13.5. The summed E-state index contributed by atoms with van der Waals surface area (Å²) in [7, 11) is 1.61. The average Bonchev–Trinajstić information content (AvgIpc) is 3.14. The first kappa shape index (κ1) is 25.3. The highest BCUT2D eigenvalue weighted by Gasteiger charge is 2.32. The molecular weight excluding hydrogens is 470 g/mol. The number of amidine groups is 1. The van der Waals surface area contributed by atoms with Gasteiger partial charge in [0.2, 0.25) is 5.91 Å². The molecule has 6 nitrogen and oxygen atoms in total. The zero-order valence-corrected chi connectivity index (χ0v) is 21.9. The van der Waals surface area contributed by atoms with E-state index in [0.717, 1.165) is 44.9 Å². The summed E-state index contributed by atoms with van der Waals surface area (Å²) in [6, 6.07) is 19.3. The largest absolute Gasteiger partial charge is 0.497 e. The third-order valence-corrected chi connectivity index (χ3v) is 6.65. The average molecular weight is 500 g/mol. The number of thioether (sulfide) groups is 1. The summed E-state index contributed by atoms with van der Waals surface area (Å²) in [5.41, 5.74) is 6.83. The molecule has 1 heterocycles. The first-order valence-corrected chi connectivity index (χ1v) is 12.6. The Kier molecular flexibility index (Phi) is 7.60. The van der Waals surface area contributed by atoms with E-state index in [9.17, 15) is 9.59 Å². The van der Waals surface area contributed by atoms with Crippen LogP contribution in [0.15, 0.2) is 71.4 Å². The van der Waals surface area contributed by atoms with Crippen LogP contribution in [0.25, 0.3) is 6.08 Å². The van der Waals surface area contributed by atoms with Gasteiger partial charge in [-0.15, -0.1) is 0 Å². The van der Waals surface area contributed by atoms with Gasteiger partial charge in [0.1, 0.15) is 11.4 Å². The van der Waals surface area contributed by atoms with E-state index < -0.39 is 0 Å². The van der Waals surface area contributed by atoms with Gasteiger partial charge in [0.05, 0.1) is 18.6 Å². The fourth-order valence-electron chi connectivity index (χ4n) is 3.95. The molecule has 0 spiro atoms. The molecule has 0 atom stereocenters. The van der Waals surface area contributed by atoms with E-state index >= 15 is 0 Å². The number of carbonyl (C=O) groups excluding carboxylic acids is 2. The maximum Gasteiger partial charge on any atom is 0.283 e. The molecule has 0 saturated carbocycles. The number of rotatable bonds is 6. The van der Waals surface area contributed by atoms with E-state index in [0.29, 0.717) is 10.9 Å². The molecule has 0 aromatic heterocycles. The fourth-order valence-corrected chi connectivity index (χ4v) is 4.76. The number of aliphatic imine (C=N–C) groups is 1. The van der Waals surface area contributed by atoms with Crippen molar-refractivity contribution in [1.29, 1.82) is 0 Å². The van der Waals surface area contributed by atoms with E-state index in [-0.39, 0.29) is 17.6 Å². The Morgan fingerprint density at radius 1 is 0.972 bits per heavy atom. The normalized spacial score (nSPS) is 14.2. The first-order chi connectivity index (χ1) is 17.2. The number of benzene rings is 3. The van der Waals surface area contributed by atoms with Crippen molar-refractivity contribution >= 4 is 46.2 Å². The minimum Gasteiger partial charge on any atom is -0.497 e. The van der Waals surface area contributed by atoms with Crippen LogP contribution >= 0.6 is 11.8 Å². The molecule has 0 unspecified atom stereocenters. The van der Waals surface area contributed by atoms with Gasteiger partial charge in [-0.05, 0) is 91.9 Å². The number of anilines is 2. The summed E-state index contributed by atoms with van der Waals surface area (Å²) >= 11 is 1.24. The molecule has 1 aliphatic heterocycles. The molecule has 1 aliphatic rings. The second-order valence-electron chi connectivity index (χ2n) is 8.84. The minimum absolute atomic E-state index is 0.122. The van der Waals surface area contributed by atoms with Crippen LogP contribution in [0.3, 0.4) is 0 Å². The van der Waals surface area contributed by atoms with Crippen LogP contribution in [0.5, 0.6) is 5.75 Å². The number of hydrogen-bond donors (Lipinski definition) is 1. The highest BCUT2D eigenvalue weighted by molar-refractivity contribution is 8.14. The first-order valence-electron chi connectivity index (χ1n) is 11.6. The van der Waals surface area contributed by atoms with Crippen molar-refractivity contribution in [2.45, 2.75) is 27.7 Å². The number of nitrogens with one attached hydrogen (secondary N) is 1. The Balaban J connectivity index is 1.60. The summed E-state index contributed by atoms with van der Waals surface area (Å²) in [6.45, 7) is 7.93. The zero-order chi connectivity index (χ0) is 25.8. The minimum atomic E-state index is -0.228. The van der Waals surface area contributed by atoms with Crippen molar-refractivity contribution in [1.82, 2.24) is 0 Å². The molecule has 3 aromatic rings. The number of hydrogen-bond acceptors (Lipinski definition) is 5. The number of methoxy groups -OCH3 is 1. The summed E-state index contributed by atoms with van der Waals surface area (Å²) in [5, 5.41) is 3.45. The molecule has 4 rings (SSSR count). The Morgan fingerprint density at radius 3 is 2.33 bits per heavy atom. The molecular formula is C29H29N3O3S. The van der Waals surface area contributed by atoms with Gasteiger partial charge in [0.25, 0.3) is 5.91 Å². The molecule has 0 saturated heterocycles. The van der Waals surface area contributed by atoms with Crippen molar-refractivity contribution in [2.24, 2.45) is 4.99 Å². The molecule has 7 heteroatoms. The highest BCUT2D eigenvalue weighted by Crippen LogP contribution is 2.31. The summed E-state index contributed by atoms with van der Waals surface area (Å²) in [6.07, 6.45) is 1.75. The molecule has 1 N–H and O–H groups in total. The Labute approximate surface area is 216 Å². The van der Waals surface area contributed by atoms with Crippen LogP contribution in [-0.2, 0) is 9.59 Å². The van der Waals surface area contributed by atoms with Crippen LogP contribution in [0, 0.1) is 27.7 Å². The van der Waals surface area contributed by atoms with Gasteiger partial charge in [0, 0.05) is 5.69 Å². The lowest BCUT2D eigenvalue weighted by Crippen LogP contribution is -2.31. The van der Waals surface area contributed by atoms with Crippen LogP contribution in [0.2, 0.25) is 0 Å². The molecule has 184 valence electrons. The molecule has 2 amide bonds. The number of aryl methyl sites for hydroxylation is 4. The van der Waals surface area contributed by atoms with Crippen molar-refractivity contribution in [3.8, 4) is 5.75 Å². The van der Waals surface area contributed by atoms with Gasteiger partial charge >= 0.3 is 0 Å². The van der Waals surface area contributed by atoms with E-state index in [1.54, 1.807) is 18.1 Å². The lowest BCUT2D eigenvalue weighted by molar-refractivity contribution is -0.114. The quantitative estimate of drug-likeness (QED) is 0.420. The lowest BCUT2D eigenvalue weighted by Gasteiger charge is -2.19. The van der Waals surface area contributed by atoms with Crippen LogP contribution in [-0.4, -0.2) is 29.8 Å². The second kappa shape index (κ2) is 10.8. The Hall–Kier alpha value is -3.84. The van der Waals surface area contributed by atoms with Crippen molar-refractivity contribution < 1.29 is 14.3 Å². The van der Waals surface area contributed by atoms with Crippen molar-refractivity contribution in [3.63, 3.8) is 0 Å². The smallest absolute Gasteiger partial charge is 0.283 e. The van der Waals surface area contributed by atoms with Crippen molar-refractivity contribution in [3.05, 3.63) is 94.2 Å². The zero-order valence-electron chi connectivity index (χ0n) is 21.1. The standard InChI is InChI=1S/C29H29N3O3S/c1-18-6-7-21(4)25(15-18)30-27(33)17-36-29-31-26(16-22-8-10-24(35-5)11-9-22)28(34)32(29)23-13-19(2)12-20(3)14-23/h6-16H,17H2,1-5H3,(H,30,33)/b26-16-. The summed E-state index contributed by atoms with van der Waals surface area (Å²) < 4.78 is 5.22. The monoisotopic (exact) mass is 499 g/mol. The Morgan fingerprint density at radius 2 is 1.67 bits per heavy atom. The SMILES string of the molecule is COc1ccc(/C=C2\N=C(SCC(=O)Nc3cc(C)ccc3C)N(c3cc(C)cc(C)c3)C2=O)cc1. The van der Waals surface area contributed by atoms with Crippen LogP contribution in [0.1, 0.15) is 27.8 Å². The van der Waals surface area contributed by atoms with E-state index in [4.69, 9.17) is 4.74 Å². The molecule has 0 fully saturated rings. The van der Waals surface area contributed by atoms with E-state index in [1.807, 2.05) is 82.3 Å².